The van der Waals surface area contributed by atoms with Crippen LogP contribution in [0.1, 0.15) is 23.8 Å². The summed E-state index contributed by atoms with van der Waals surface area (Å²) in [7, 11) is 0. The molecule has 218 valence electrons. The van der Waals surface area contributed by atoms with Crippen LogP contribution in [-0.2, 0) is 6.42 Å². The zero-order valence-corrected chi connectivity index (χ0v) is 23.0. The van der Waals surface area contributed by atoms with Crippen LogP contribution < -0.4 is 4.73 Å². The molecule has 0 aliphatic heterocycles. The van der Waals surface area contributed by atoms with Gasteiger partial charge < -0.3 is 5.21 Å². The van der Waals surface area contributed by atoms with Gasteiger partial charge in [-0.15, -0.1) is 20.1 Å². The normalized spacial score (nSPS) is 12.3. The van der Waals surface area contributed by atoms with Gasteiger partial charge in [0.15, 0.2) is 17.2 Å². The molecule has 0 radical (unpaired) electrons. The molecule has 0 spiro atoms. The van der Waals surface area contributed by atoms with Crippen LogP contribution in [0.3, 0.4) is 0 Å². The van der Waals surface area contributed by atoms with Crippen molar-refractivity contribution in [2.45, 2.75) is 19.0 Å². The number of hydrogen-bond donors (Lipinski definition) is 0. The minimum Gasteiger partial charge on any atom is -0.618 e. The predicted molar refractivity (Wildman–Crippen MR) is 144 cm³/mol. The van der Waals surface area contributed by atoms with Crippen molar-refractivity contribution in [3.05, 3.63) is 112 Å². The monoisotopic (exact) mass is 630 g/mol. The van der Waals surface area contributed by atoms with Gasteiger partial charge in [-0.25, -0.2) is 8.78 Å². The van der Waals surface area contributed by atoms with Crippen molar-refractivity contribution in [3.8, 4) is 28.1 Å². The van der Waals surface area contributed by atoms with E-state index in [9.17, 15) is 18.4 Å². The third-order valence-corrected chi connectivity index (χ3v) is 7.09. The van der Waals surface area contributed by atoms with Crippen LogP contribution in [0.4, 0.5) is 17.6 Å². The van der Waals surface area contributed by atoms with E-state index in [0.29, 0.717) is 10.3 Å². The number of aromatic nitrogens is 10. The molecule has 11 nitrogen and oxygen atoms in total. The summed E-state index contributed by atoms with van der Waals surface area (Å²) in [5, 5.41) is 35.7. The molecule has 1 atom stereocenters. The summed E-state index contributed by atoms with van der Waals surface area (Å²) < 4.78 is 58.4. The first kappa shape index (κ1) is 28.2. The Kier molecular flexibility index (Phi) is 7.50. The number of rotatable bonds is 8. The molecular formula is C26H16Cl2F4N10O. The van der Waals surface area contributed by atoms with Gasteiger partial charge in [0.1, 0.15) is 23.9 Å². The average Bonchev–Trinajstić information content (AvgIpc) is 3.76. The van der Waals surface area contributed by atoms with Crippen LogP contribution in [0.2, 0.25) is 10.2 Å². The number of halogens is 6. The van der Waals surface area contributed by atoms with E-state index in [1.807, 2.05) is 0 Å². The van der Waals surface area contributed by atoms with E-state index in [1.165, 1.54) is 70.7 Å². The lowest BCUT2D eigenvalue weighted by Crippen LogP contribution is -2.36. The SMILES string of the molecule is [O-][n+]1cc(-c2c(-n3cnnn3)ccc(Cl)c2F)ccc1[C@@H](Cc1ccc(F)cc1)n1cc(-c2nn(C(F)F)nc2Cl)cn1. The largest absolute Gasteiger partial charge is 0.618 e. The second kappa shape index (κ2) is 11.4. The van der Waals surface area contributed by atoms with E-state index < -0.39 is 24.2 Å². The van der Waals surface area contributed by atoms with Crippen molar-refractivity contribution in [1.82, 2.24) is 45.0 Å². The third-order valence-electron chi connectivity index (χ3n) is 6.54. The fourth-order valence-electron chi connectivity index (χ4n) is 4.55. The second-order valence-electron chi connectivity index (χ2n) is 9.17. The van der Waals surface area contributed by atoms with Gasteiger partial charge in [-0.1, -0.05) is 35.3 Å². The molecule has 2 aromatic carbocycles. The maximum Gasteiger partial charge on any atom is 0.348 e. The third kappa shape index (κ3) is 5.51. The first-order chi connectivity index (χ1) is 20.7. The van der Waals surface area contributed by atoms with Gasteiger partial charge in [0.25, 0.3) is 0 Å². The Morgan fingerprint density at radius 3 is 2.42 bits per heavy atom. The van der Waals surface area contributed by atoms with Crippen LogP contribution in [0, 0.1) is 16.8 Å². The summed E-state index contributed by atoms with van der Waals surface area (Å²) in [5.41, 5.74) is 1.48. The number of hydrogen-bond acceptors (Lipinski definition) is 7. The number of nitrogens with zero attached hydrogens (tertiary/aromatic N) is 10. The highest BCUT2D eigenvalue weighted by Crippen LogP contribution is 2.34. The molecule has 6 aromatic rings. The van der Waals surface area contributed by atoms with Crippen LogP contribution in [-0.4, -0.2) is 45.0 Å². The molecule has 4 heterocycles. The molecule has 0 amide bonds. The van der Waals surface area contributed by atoms with Gasteiger partial charge >= 0.3 is 6.55 Å². The fraction of sp³-hybridized carbons (Fsp3) is 0.115. The van der Waals surface area contributed by atoms with Crippen LogP contribution in [0.5, 0.6) is 0 Å². The minimum absolute atomic E-state index is 0.0100. The maximum absolute atomic E-state index is 15.3. The molecule has 0 fully saturated rings. The zero-order chi connectivity index (χ0) is 30.2. The molecule has 0 N–H and O–H groups in total. The lowest BCUT2D eigenvalue weighted by atomic mass is 10.00. The van der Waals surface area contributed by atoms with Crippen LogP contribution in [0.25, 0.3) is 28.1 Å². The summed E-state index contributed by atoms with van der Waals surface area (Å²) in [4.78, 5) is 0.175. The molecule has 17 heteroatoms. The van der Waals surface area contributed by atoms with E-state index in [0.717, 1.165) is 0 Å². The van der Waals surface area contributed by atoms with Crippen molar-refractivity contribution >= 4 is 23.2 Å². The van der Waals surface area contributed by atoms with Gasteiger partial charge in [-0.3, -0.25) is 4.68 Å². The number of pyridine rings is 1. The summed E-state index contributed by atoms with van der Waals surface area (Å²) in [6.07, 6.45) is 5.42. The highest BCUT2D eigenvalue weighted by molar-refractivity contribution is 6.31. The van der Waals surface area contributed by atoms with Crippen LogP contribution in [0.15, 0.2) is 73.4 Å². The van der Waals surface area contributed by atoms with Gasteiger partial charge in [-0.2, -0.15) is 23.3 Å². The van der Waals surface area contributed by atoms with E-state index in [4.69, 9.17) is 23.2 Å². The predicted octanol–water partition coefficient (Wildman–Crippen LogP) is 5.23. The molecular weight excluding hydrogens is 615 g/mol. The van der Waals surface area contributed by atoms with Crippen molar-refractivity contribution in [2.75, 3.05) is 0 Å². The lowest BCUT2D eigenvalue weighted by Gasteiger charge is -2.18. The highest BCUT2D eigenvalue weighted by Gasteiger charge is 2.27. The molecule has 0 unspecified atom stereocenters. The lowest BCUT2D eigenvalue weighted by molar-refractivity contribution is -0.615. The first-order valence-electron chi connectivity index (χ1n) is 12.3. The smallest absolute Gasteiger partial charge is 0.348 e. The first-order valence-corrected chi connectivity index (χ1v) is 13.1. The molecule has 0 saturated heterocycles. The minimum atomic E-state index is -3.00. The second-order valence-corrected chi connectivity index (χ2v) is 9.94. The molecule has 4 aromatic heterocycles. The van der Waals surface area contributed by atoms with Crippen molar-refractivity contribution in [2.24, 2.45) is 0 Å². The van der Waals surface area contributed by atoms with Gasteiger partial charge in [0, 0.05) is 24.2 Å². The van der Waals surface area contributed by atoms with Crippen LogP contribution >= 0.6 is 23.2 Å². The number of tetrazole rings is 1. The van der Waals surface area contributed by atoms with Crippen molar-refractivity contribution in [3.63, 3.8) is 0 Å². The quantitative estimate of drug-likeness (QED) is 0.128. The average molecular weight is 631 g/mol. The Bertz CT molecular complexity index is 1910. The van der Waals surface area contributed by atoms with Gasteiger partial charge in [-0.05, 0) is 46.3 Å². The van der Waals surface area contributed by atoms with E-state index in [-0.39, 0.29) is 55.2 Å². The summed E-state index contributed by atoms with van der Waals surface area (Å²) >= 11 is 12.1. The molecule has 0 bridgehead atoms. The molecule has 6 rings (SSSR count). The zero-order valence-electron chi connectivity index (χ0n) is 21.4. The summed E-state index contributed by atoms with van der Waals surface area (Å²) in [5.74, 6) is -1.22. The molecule has 0 aliphatic carbocycles. The van der Waals surface area contributed by atoms with E-state index in [1.54, 1.807) is 12.1 Å². The number of benzene rings is 2. The maximum atomic E-state index is 15.3. The molecule has 43 heavy (non-hydrogen) atoms. The Morgan fingerprint density at radius 2 is 1.74 bits per heavy atom. The Morgan fingerprint density at radius 1 is 0.953 bits per heavy atom. The molecule has 0 saturated carbocycles. The highest BCUT2D eigenvalue weighted by atomic mass is 35.5. The Balaban J connectivity index is 1.43. The fourth-order valence-corrected chi connectivity index (χ4v) is 4.93. The summed E-state index contributed by atoms with van der Waals surface area (Å²) in [6.45, 7) is -3.00. The molecule has 0 aliphatic rings. The Hall–Kier alpha value is -4.89. The van der Waals surface area contributed by atoms with E-state index in [2.05, 4.69) is 30.8 Å². The van der Waals surface area contributed by atoms with Crippen molar-refractivity contribution < 1.29 is 22.3 Å². The number of alkyl halides is 2. The topological polar surface area (TPSA) is 119 Å². The standard InChI is InChI=1S/C26H16Cl2F4N10O/c27-18-6-8-20(40-13-33-37-38-40)22(23(18)30)15-3-7-19(41(43)12-15)21(9-14-1-4-17(29)5-2-14)39-11-16(10-34-39)24-25(28)36-42(35-24)26(31)32/h1-8,10-13,21,26H,9H2/t21-/m1/s1. The summed E-state index contributed by atoms with van der Waals surface area (Å²) in [6, 6.07) is 10.7. The van der Waals surface area contributed by atoms with Gasteiger partial charge in [0.05, 0.1) is 28.0 Å². The van der Waals surface area contributed by atoms with Gasteiger partial charge in [0.2, 0.25) is 5.69 Å². The van der Waals surface area contributed by atoms with Crippen molar-refractivity contribution in [1.29, 1.82) is 0 Å². The van der Waals surface area contributed by atoms with E-state index >= 15 is 4.39 Å². The Labute approximate surface area is 249 Å².